The Balaban J connectivity index is 1.37. The summed E-state index contributed by atoms with van der Waals surface area (Å²) < 4.78 is 57.9. The zero-order valence-corrected chi connectivity index (χ0v) is 17.4. The minimum absolute atomic E-state index is 0.140. The van der Waals surface area contributed by atoms with Crippen molar-refractivity contribution in [3.63, 3.8) is 0 Å². The normalized spacial score (nSPS) is 14.6. The SMILES string of the molecule is Fc1cnc(N=CCc2ccc(Nc3cccc(C(F)(F)F)c3)cn2)nc1N1CCOCC1. The van der Waals surface area contributed by atoms with Gasteiger partial charge >= 0.3 is 6.18 Å². The van der Waals surface area contributed by atoms with Gasteiger partial charge in [-0.15, -0.1) is 0 Å². The van der Waals surface area contributed by atoms with Crippen molar-refractivity contribution >= 4 is 29.4 Å². The van der Waals surface area contributed by atoms with E-state index in [9.17, 15) is 17.6 Å². The number of rotatable bonds is 6. The van der Waals surface area contributed by atoms with Gasteiger partial charge in [0.1, 0.15) is 0 Å². The van der Waals surface area contributed by atoms with Gasteiger partial charge in [0, 0.05) is 37.1 Å². The first-order chi connectivity index (χ1) is 15.9. The van der Waals surface area contributed by atoms with Gasteiger partial charge in [0.2, 0.25) is 0 Å². The van der Waals surface area contributed by atoms with Gasteiger partial charge in [-0.25, -0.2) is 14.4 Å². The monoisotopic (exact) mass is 460 g/mol. The van der Waals surface area contributed by atoms with Gasteiger partial charge in [-0.2, -0.15) is 18.2 Å². The molecule has 3 heterocycles. The van der Waals surface area contributed by atoms with Crippen molar-refractivity contribution in [1.82, 2.24) is 15.0 Å². The Morgan fingerprint density at radius 3 is 2.61 bits per heavy atom. The van der Waals surface area contributed by atoms with Crippen LogP contribution in [0.3, 0.4) is 0 Å². The number of alkyl halides is 3. The summed E-state index contributed by atoms with van der Waals surface area (Å²) in [6, 6.07) is 8.37. The smallest absolute Gasteiger partial charge is 0.378 e. The first-order valence-corrected chi connectivity index (χ1v) is 10.2. The van der Waals surface area contributed by atoms with Crippen LogP contribution in [0.25, 0.3) is 0 Å². The van der Waals surface area contributed by atoms with Crippen LogP contribution in [0.1, 0.15) is 11.3 Å². The first kappa shape index (κ1) is 22.6. The molecular formula is C22H20F4N6O. The fraction of sp³-hybridized carbons (Fsp3) is 0.273. The van der Waals surface area contributed by atoms with Crippen molar-refractivity contribution in [3.05, 3.63) is 65.9 Å². The lowest BCUT2D eigenvalue weighted by Gasteiger charge is -2.27. The van der Waals surface area contributed by atoms with E-state index in [1.54, 1.807) is 29.3 Å². The number of hydrogen-bond acceptors (Lipinski definition) is 7. The Labute approximate surface area is 187 Å². The van der Waals surface area contributed by atoms with Gasteiger partial charge in [0.15, 0.2) is 11.6 Å². The number of aromatic nitrogens is 3. The zero-order chi connectivity index (χ0) is 23.3. The number of aliphatic imine (C=N–C) groups is 1. The number of hydrogen-bond donors (Lipinski definition) is 1. The molecule has 33 heavy (non-hydrogen) atoms. The highest BCUT2D eigenvalue weighted by atomic mass is 19.4. The van der Waals surface area contributed by atoms with Crippen LogP contribution in [0.2, 0.25) is 0 Å². The summed E-state index contributed by atoms with van der Waals surface area (Å²) in [4.78, 5) is 18.3. The van der Waals surface area contributed by atoms with Gasteiger partial charge in [-0.1, -0.05) is 6.07 Å². The number of halogens is 4. The van der Waals surface area contributed by atoms with E-state index in [0.29, 0.717) is 49.8 Å². The largest absolute Gasteiger partial charge is 0.416 e. The van der Waals surface area contributed by atoms with Crippen LogP contribution in [0.5, 0.6) is 0 Å². The molecule has 0 amide bonds. The van der Waals surface area contributed by atoms with Crippen LogP contribution in [-0.4, -0.2) is 47.5 Å². The molecule has 2 aromatic heterocycles. The third-order valence-electron chi connectivity index (χ3n) is 4.83. The molecule has 1 saturated heterocycles. The predicted octanol–water partition coefficient (Wildman–Crippen LogP) is 4.55. The van der Waals surface area contributed by atoms with Crippen LogP contribution < -0.4 is 10.2 Å². The summed E-state index contributed by atoms with van der Waals surface area (Å²) >= 11 is 0. The van der Waals surface area contributed by atoms with Crippen LogP contribution >= 0.6 is 0 Å². The summed E-state index contributed by atoms with van der Waals surface area (Å²) in [7, 11) is 0. The van der Waals surface area contributed by atoms with Gasteiger partial charge in [-0.05, 0) is 30.3 Å². The van der Waals surface area contributed by atoms with Crippen molar-refractivity contribution in [2.45, 2.75) is 12.6 Å². The molecule has 7 nitrogen and oxygen atoms in total. The van der Waals surface area contributed by atoms with E-state index in [1.807, 2.05) is 0 Å². The summed E-state index contributed by atoms with van der Waals surface area (Å²) in [6.45, 7) is 2.10. The Kier molecular flexibility index (Phi) is 6.78. The van der Waals surface area contributed by atoms with Crippen LogP contribution in [0, 0.1) is 5.82 Å². The summed E-state index contributed by atoms with van der Waals surface area (Å²) in [5, 5.41) is 2.90. The van der Waals surface area contributed by atoms with Gasteiger partial charge in [0.25, 0.3) is 5.95 Å². The highest BCUT2D eigenvalue weighted by Crippen LogP contribution is 2.31. The molecule has 1 aromatic carbocycles. The van der Waals surface area contributed by atoms with Crippen molar-refractivity contribution in [2.75, 3.05) is 36.5 Å². The Bertz CT molecular complexity index is 1110. The first-order valence-electron chi connectivity index (χ1n) is 10.2. The van der Waals surface area contributed by atoms with E-state index < -0.39 is 17.6 Å². The molecule has 0 saturated carbocycles. The maximum Gasteiger partial charge on any atom is 0.416 e. The molecule has 1 fully saturated rings. The molecule has 11 heteroatoms. The molecule has 3 aromatic rings. The topological polar surface area (TPSA) is 75.5 Å². The van der Waals surface area contributed by atoms with Gasteiger partial charge in [-0.3, -0.25) is 4.98 Å². The average molecular weight is 460 g/mol. The fourth-order valence-corrected chi connectivity index (χ4v) is 3.19. The van der Waals surface area contributed by atoms with Gasteiger partial charge < -0.3 is 15.0 Å². The molecule has 0 radical (unpaired) electrons. The number of anilines is 3. The highest BCUT2D eigenvalue weighted by molar-refractivity contribution is 5.65. The number of benzene rings is 1. The van der Waals surface area contributed by atoms with Gasteiger partial charge in [0.05, 0.1) is 36.9 Å². The second kappa shape index (κ2) is 9.90. The van der Waals surface area contributed by atoms with Crippen molar-refractivity contribution < 1.29 is 22.3 Å². The highest BCUT2D eigenvalue weighted by Gasteiger charge is 2.30. The zero-order valence-electron chi connectivity index (χ0n) is 17.4. The van der Waals surface area contributed by atoms with Crippen molar-refractivity contribution in [1.29, 1.82) is 0 Å². The molecule has 0 unspecified atom stereocenters. The summed E-state index contributed by atoms with van der Waals surface area (Å²) in [5.74, 6) is -0.175. The molecule has 0 atom stereocenters. The van der Waals surface area contributed by atoms with Crippen LogP contribution in [-0.2, 0) is 17.3 Å². The molecule has 0 aliphatic carbocycles. The molecular weight excluding hydrogens is 440 g/mol. The number of ether oxygens (including phenoxy) is 1. The van der Waals surface area contributed by atoms with Crippen molar-refractivity contribution in [3.8, 4) is 0 Å². The quantitative estimate of drug-likeness (QED) is 0.430. The molecule has 1 aliphatic rings. The van der Waals surface area contributed by atoms with E-state index in [0.717, 1.165) is 18.3 Å². The maximum atomic E-state index is 14.1. The van der Waals surface area contributed by atoms with Crippen molar-refractivity contribution in [2.24, 2.45) is 4.99 Å². The standard InChI is InChI=1S/C22H20F4N6O/c23-19-14-29-21(31-20(19)32-8-10-33-11-9-32)27-7-6-16-4-5-18(13-28-16)30-17-3-1-2-15(12-17)22(24,25)26/h1-5,7,12-14,30H,6,8-11H2. The maximum absolute atomic E-state index is 14.1. The molecule has 1 aliphatic heterocycles. The minimum atomic E-state index is -4.41. The lowest BCUT2D eigenvalue weighted by molar-refractivity contribution is -0.137. The number of nitrogens with one attached hydrogen (secondary N) is 1. The Hall–Kier alpha value is -3.60. The second-order valence-corrected chi connectivity index (χ2v) is 7.20. The van der Waals surface area contributed by atoms with Crippen LogP contribution in [0.4, 0.5) is 40.7 Å². The third kappa shape index (κ3) is 6.01. The molecule has 4 rings (SSSR count). The fourth-order valence-electron chi connectivity index (χ4n) is 3.19. The van der Waals surface area contributed by atoms with E-state index in [2.05, 4.69) is 25.3 Å². The number of morpholine rings is 1. The Morgan fingerprint density at radius 2 is 1.88 bits per heavy atom. The predicted molar refractivity (Wildman–Crippen MR) is 116 cm³/mol. The summed E-state index contributed by atoms with van der Waals surface area (Å²) in [6.07, 6.45) is 0.150. The number of pyridine rings is 1. The average Bonchev–Trinajstić information content (AvgIpc) is 2.81. The molecule has 0 spiro atoms. The minimum Gasteiger partial charge on any atom is -0.378 e. The van der Waals surface area contributed by atoms with E-state index in [4.69, 9.17) is 4.74 Å². The Morgan fingerprint density at radius 1 is 1.06 bits per heavy atom. The molecule has 0 bridgehead atoms. The van der Waals surface area contributed by atoms with E-state index in [1.165, 1.54) is 12.3 Å². The number of nitrogens with zero attached hydrogens (tertiary/aromatic N) is 5. The molecule has 1 N–H and O–H groups in total. The van der Waals surface area contributed by atoms with E-state index in [-0.39, 0.29) is 11.8 Å². The van der Waals surface area contributed by atoms with Crippen LogP contribution in [0.15, 0.2) is 53.8 Å². The second-order valence-electron chi connectivity index (χ2n) is 7.20. The third-order valence-corrected chi connectivity index (χ3v) is 4.83. The summed E-state index contributed by atoms with van der Waals surface area (Å²) in [5.41, 5.74) is 0.814. The molecule has 172 valence electrons. The lowest BCUT2D eigenvalue weighted by atomic mass is 10.2. The lowest BCUT2D eigenvalue weighted by Crippen LogP contribution is -2.37. The van der Waals surface area contributed by atoms with E-state index >= 15 is 0 Å².